The summed E-state index contributed by atoms with van der Waals surface area (Å²) in [6.45, 7) is 2.97. The first-order valence-electron chi connectivity index (χ1n) is 5.52. The molecule has 1 aliphatic rings. The van der Waals surface area contributed by atoms with Crippen molar-refractivity contribution < 1.29 is 0 Å². The van der Waals surface area contributed by atoms with Gasteiger partial charge in [-0.25, -0.2) is 5.01 Å². The predicted octanol–water partition coefficient (Wildman–Crippen LogP) is 1.24. The molecular formula is C12H19N3. The van der Waals surface area contributed by atoms with E-state index in [0.29, 0.717) is 6.04 Å². The number of hydrazine groups is 1. The summed E-state index contributed by atoms with van der Waals surface area (Å²) in [6, 6.07) is 11.2. The molecule has 3 nitrogen and oxygen atoms in total. The number of rotatable bonds is 1. The van der Waals surface area contributed by atoms with Crippen LogP contribution in [0.25, 0.3) is 0 Å². The molecule has 1 heterocycles. The van der Waals surface area contributed by atoms with Gasteiger partial charge in [0.05, 0.1) is 0 Å². The van der Waals surface area contributed by atoms with Gasteiger partial charge in [0.1, 0.15) is 0 Å². The van der Waals surface area contributed by atoms with Crippen molar-refractivity contribution >= 4 is 0 Å². The van der Waals surface area contributed by atoms with Gasteiger partial charge in [0.2, 0.25) is 0 Å². The van der Waals surface area contributed by atoms with Crippen LogP contribution >= 0.6 is 0 Å². The summed E-state index contributed by atoms with van der Waals surface area (Å²) in [5.74, 6) is 5.84. The van der Waals surface area contributed by atoms with Gasteiger partial charge in [0.25, 0.3) is 0 Å². The van der Waals surface area contributed by atoms with Gasteiger partial charge in [-0.1, -0.05) is 30.3 Å². The minimum atomic E-state index is 0.514. The van der Waals surface area contributed by atoms with Crippen molar-refractivity contribution in [3.05, 3.63) is 35.9 Å². The van der Waals surface area contributed by atoms with Crippen molar-refractivity contribution in [2.45, 2.75) is 12.5 Å². The molecular weight excluding hydrogens is 186 g/mol. The third-order valence-electron chi connectivity index (χ3n) is 3.15. The fraction of sp³-hybridized carbons (Fsp3) is 0.500. The van der Waals surface area contributed by atoms with Crippen LogP contribution < -0.4 is 5.84 Å². The Labute approximate surface area is 91.4 Å². The number of nitrogens with zero attached hydrogens (tertiary/aromatic N) is 2. The number of benzene rings is 1. The molecule has 1 aliphatic heterocycles. The molecule has 0 bridgehead atoms. The maximum absolute atomic E-state index is 5.84. The Hall–Kier alpha value is -0.900. The van der Waals surface area contributed by atoms with Crippen LogP contribution in [0.15, 0.2) is 30.3 Å². The van der Waals surface area contributed by atoms with Crippen LogP contribution in [0.4, 0.5) is 0 Å². The van der Waals surface area contributed by atoms with E-state index in [9.17, 15) is 0 Å². The number of hydrogen-bond donors (Lipinski definition) is 1. The van der Waals surface area contributed by atoms with Gasteiger partial charge in [0, 0.05) is 25.7 Å². The van der Waals surface area contributed by atoms with E-state index in [1.165, 1.54) is 5.56 Å². The Bertz CT molecular complexity index is 299. The first kappa shape index (κ1) is 10.6. The summed E-state index contributed by atoms with van der Waals surface area (Å²) < 4.78 is 0. The zero-order valence-electron chi connectivity index (χ0n) is 9.26. The molecule has 1 fully saturated rings. The van der Waals surface area contributed by atoms with Crippen molar-refractivity contribution in [1.29, 1.82) is 0 Å². The third kappa shape index (κ3) is 2.56. The maximum atomic E-state index is 5.84. The summed E-state index contributed by atoms with van der Waals surface area (Å²) in [5, 5.41) is 1.92. The standard InChI is InChI=1S/C12H19N3/c1-14-9-10-15(13)8-7-12(14)11-5-3-2-4-6-11/h2-6,12H,7-10,13H2,1H3. The van der Waals surface area contributed by atoms with E-state index in [-0.39, 0.29) is 0 Å². The molecule has 0 radical (unpaired) electrons. The lowest BCUT2D eigenvalue weighted by molar-refractivity contribution is 0.251. The molecule has 0 aliphatic carbocycles. The van der Waals surface area contributed by atoms with Crippen molar-refractivity contribution in [3.63, 3.8) is 0 Å². The molecule has 2 rings (SSSR count). The first-order chi connectivity index (χ1) is 7.27. The average Bonchev–Trinajstić information content (AvgIpc) is 2.43. The van der Waals surface area contributed by atoms with Crippen molar-refractivity contribution in [3.8, 4) is 0 Å². The Morgan fingerprint density at radius 2 is 1.87 bits per heavy atom. The second kappa shape index (κ2) is 4.75. The topological polar surface area (TPSA) is 32.5 Å². The maximum Gasteiger partial charge on any atom is 0.0358 e. The highest BCUT2D eigenvalue weighted by atomic mass is 15.4. The molecule has 3 heteroatoms. The highest BCUT2D eigenvalue weighted by molar-refractivity contribution is 5.19. The Morgan fingerprint density at radius 1 is 1.13 bits per heavy atom. The van der Waals surface area contributed by atoms with E-state index >= 15 is 0 Å². The molecule has 0 aromatic heterocycles. The normalized spacial score (nSPS) is 25.1. The molecule has 1 unspecified atom stereocenters. The fourth-order valence-corrected chi connectivity index (χ4v) is 2.16. The average molecular weight is 205 g/mol. The monoisotopic (exact) mass is 205 g/mol. The van der Waals surface area contributed by atoms with Crippen LogP contribution in [-0.2, 0) is 0 Å². The van der Waals surface area contributed by atoms with Gasteiger partial charge in [-0.2, -0.15) is 0 Å². The van der Waals surface area contributed by atoms with Crippen molar-refractivity contribution in [2.75, 3.05) is 26.7 Å². The Morgan fingerprint density at radius 3 is 2.60 bits per heavy atom. The summed E-state index contributed by atoms with van der Waals surface area (Å²) in [4.78, 5) is 2.39. The first-order valence-corrected chi connectivity index (χ1v) is 5.52. The zero-order chi connectivity index (χ0) is 10.7. The van der Waals surface area contributed by atoms with Gasteiger partial charge in [-0.05, 0) is 19.0 Å². The number of likely N-dealkylation sites (N-methyl/N-ethyl adjacent to an activating group) is 1. The number of hydrogen-bond acceptors (Lipinski definition) is 3. The van der Waals surface area contributed by atoms with Crippen LogP contribution in [0.1, 0.15) is 18.0 Å². The van der Waals surface area contributed by atoms with E-state index in [1.54, 1.807) is 0 Å². The van der Waals surface area contributed by atoms with Crippen molar-refractivity contribution in [1.82, 2.24) is 9.91 Å². The van der Waals surface area contributed by atoms with E-state index in [1.807, 2.05) is 5.01 Å². The van der Waals surface area contributed by atoms with Crippen LogP contribution in [0.2, 0.25) is 0 Å². The lowest BCUT2D eigenvalue weighted by Gasteiger charge is -2.25. The molecule has 1 atom stereocenters. The molecule has 1 aromatic rings. The largest absolute Gasteiger partial charge is 0.298 e. The molecule has 0 amide bonds. The summed E-state index contributed by atoms with van der Waals surface area (Å²) >= 11 is 0. The molecule has 0 saturated carbocycles. The summed E-state index contributed by atoms with van der Waals surface area (Å²) in [7, 11) is 2.18. The highest BCUT2D eigenvalue weighted by Gasteiger charge is 2.20. The third-order valence-corrected chi connectivity index (χ3v) is 3.15. The SMILES string of the molecule is CN1CCN(N)CCC1c1ccccc1. The van der Waals surface area contributed by atoms with E-state index < -0.39 is 0 Å². The van der Waals surface area contributed by atoms with Crippen molar-refractivity contribution in [2.24, 2.45) is 5.84 Å². The lowest BCUT2D eigenvalue weighted by Crippen LogP contribution is -2.34. The molecule has 0 spiro atoms. The quantitative estimate of drug-likeness (QED) is 0.700. The van der Waals surface area contributed by atoms with Gasteiger partial charge in [-0.15, -0.1) is 0 Å². The van der Waals surface area contributed by atoms with Gasteiger partial charge >= 0.3 is 0 Å². The Kier molecular flexibility index (Phi) is 3.36. The molecule has 1 aromatic carbocycles. The lowest BCUT2D eigenvalue weighted by atomic mass is 10.0. The molecule has 82 valence electrons. The zero-order valence-corrected chi connectivity index (χ0v) is 9.26. The fourth-order valence-electron chi connectivity index (χ4n) is 2.16. The predicted molar refractivity (Wildman–Crippen MR) is 62.2 cm³/mol. The van der Waals surface area contributed by atoms with Crippen LogP contribution in [0.5, 0.6) is 0 Å². The van der Waals surface area contributed by atoms with Crippen LogP contribution in [0, 0.1) is 0 Å². The van der Waals surface area contributed by atoms with Crippen LogP contribution in [0.3, 0.4) is 0 Å². The van der Waals surface area contributed by atoms with E-state index in [2.05, 4.69) is 42.3 Å². The van der Waals surface area contributed by atoms with Gasteiger partial charge in [-0.3, -0.25) is 10.7 Å². The smallest absolute Gasteiger partial charge is 0.0358 e. The van der Waals surface area contributed by atoms with E-state index in [4.69, 9.17) is 5.84 Å². The number of nitrogens with two attached hydrogens (primary N) is 1. The second-order valence-corrected chi connectivity index (χ2v) is 4.23. The van der Waals surface area contributed by atoms with Gasteiger partial charge in [0.15, 0.2) is 0 Å². The minimum absolute atomic E-state index is 0.514. The van der Waals surface area contributed by atoms with Gasteiger partial charge < -0.3 is 0 Å². The summed E-state index contributed by atoms with van der Waals surface area (Å²) in [5.41, 5.74) is 1.40. The second-order valence-electron chi connectivity index (χ2n) is 4.23. The molecule has 15 heavy (non-hydrogen) atoms. The Balaban J connectivity index is 2.13. The highest BCUT2D eigenvalue weighted by Crippen LogP contribution is 2.24. The van der Waals surface area contributed by atoms with E-state index in [0.717, 1.165) is 26.1 Å². The van der Waals surface area contributed by atoms with Crippen LogP contribution in [-0.4, -0.2) is 36.6 Å². The summed E-state index contributed by atoms with van der Waals surface area (Å²) in [6.07, 6.45) is 1.11. The molecule has 1 saturated heterocycles. The molecule has 2 N–H and O–H groups in total. The minimum Gasteiger partial charge on any atom is -0.298 e.